The van der Waals surface area contributed by atoms with E-state index in [0.717, 1.165) is 11.8 Å². The summed E-state index contributed by atoms with van der Waals surface area (Å²) in [4.78, 5) is 0. The summed E-state index contributed by atoms with van der Waals surface area (Å²) in [6.45, 7) is 9.03. The van der Waals surface area contributed by atoms with Crippen LogP contribution < -0.4 is 0 Å². The molecule has 0 fully saturated rings. The van der Waals surface area contributed by atoms with E-state index in [1.54, 1.807) is 0 Å². The summed E-state index contributed by atoms with van der Waals surface area (Å²) in [6.07, 6.45) is 8.35. The molecule has 0 aromatic carbocycles. The van der Waals surface area contributed by atoms with Crippen molar-refractivity contribution in [2.24, 2.45) is 11.8 Å². The third-order valence-electron chi connectivity index (χ3n) is 2.65. The van der Waals surface area contributed by atoms with E-state index in [1.165, 1.54) is 19.3 Å². The van der Waals surface area contributed by atoms with Crippen LogP contribution in [-0.2, 0) is 0 Å². The first-order valence-electron chi connectivity index (χ1n) is 4.87. The molecule has 0 saturated carbocycles. The average molecular weight is 154 g/mol. The van der Waals surface area contributed by atoms with Gasteiger partial charge in [-0.2, -0.15) is 0 Å². The van der Waals surface area contributed by atoms with Gasteiger partial charge in [0.05, 0.1) is 0 Å². The van der Waals surface area contributed by atoms with Gasteiger partial charge in [-0.05, 0) is 25.2 Å². The Kier molecular flexibility index (Phi) is 6.30. The van der Waals surface area contributed by atoms with Gasteiger partial charge < -0.3 is 0 Å². The molecule has 66 valence electrons. The Morgan fingerprint density at radius 2 is 1.82 bits per heavy atom. The molecule has 2 atom stereocenters. The predicted octanol–water partition coefficient (Wildman–Crippen LogP) is 4.02. The summed E-state index contributed by atoms with van der Waals surface area (Å²) < 4.78 is 0. The molecule has 0 aliphatic rings. The highest BCUT2D eigenvalue weighted by atomic mass is 14.2. The van der Waals surface area contributed by atoms with Crippen LogP contribution in [0.5, 0.6) is 0 Å². The SMILES string of the molecule is CC=CCC(CC)C(C)CC. The van der Waals surface area contributed by atoms with Gasteiger partial charge in [0.25, 0.3) is 0 Å². The fourth-order valence-electron chi connectivity index (χ4n) is 1.45. The largest absolute Gasteiger partial charge is 0.0917 e. The van der Waals surface area contributed by atoms with E-state index >= 15 is 0 Å². The molecular formula is C11H22. The van der Waals surface area contributed by atoms with Crippen molar-refractivity contribution in [2.45, 2.75) is 47.0 Å². The molecule has 0 spiro atoms. The molecule has 0 aliphatic carbocycles. The molecule has 0 amide bonds. The second kappa shape index (κ2) is 6.45. The molecular weight excluding hydrogens is 132 g/mol. The van der Waals surface area contributed by atoms with Gasteiger partial charge in [0.15, 0.2) is 0 Å². The Bertz CT molecular complexity index is 103. The number of allylic oxidation sites excluding steroid dienone is 2. The third-order valence-corrected chi connectivity index (χ3v) is 2.65. The van der Waals surface area contributed by atoms with E-state index in [4.69, 9.17) is 0 Å². The van der Waals surface area contributed by atoms with Crippen molar-refractivity contribution in [3.63, 3.8) is 0 Å². The van der Waals surface area contributed by atoms with Crippen LogP contribution in [0.25, 0.3) is 0 Å². The van der Waals surface area contributed by atoms with Crippen LogP contribution >= 0.6 is 0 Å². The molecule has 0 N–H and O–H groups in total. The molecule has 0 aliphatic heterocycles. The smallest absolute Gasteiger partial charge is 0.0320 e. The summed E-state index contributed by atoms with van der Waals surface area (Å²) in [5, 5.41) is 0. The normalized spacial score (nSPS) is 17.1. The van der Waals surface area contributed by atoms with E-state index in [2.05, 4.69) is 39.8 Å². The summed E-state index contributed by atoms with van der Waals surface area (Å²) in [5.41, 5.74) is 0. The van der Waals surface area contributed by atoms with Gasteiger partial charge in [0, 0.05) is 0 Å². The van der Waals surface area contributed by atoms with Crippen molar-refractivity contribution in [3.05, 3.63) is 12.2 Å². The fraction of sp³-hybridized carbons (Fsp3) is 0.818. The molecule has 0 saturated heterocycles. The van der Waals surface area contributed by atoms with Crippen LogP contribution in [0.1, 0.15) is 47.0 Å². The van der Waals surface area contributed by atoms with E-state index in [-0.39, 0.29) is 0 Å². The number of hydrogen-bond acceptors (Lipinski definition) is 0. The lowest BCUT2D eigenvalue weighted by Gasteiger charge is -2.19. The summed E-state index contributed by atoms with van der Waals surface area (Å²) >= 11 is 0. The molecule has 0 bridgehead atoms. The van der Waals surface area contributed by atoms with E-state index in [9.17, 15) is 0 Å². The molecule has 0 heterocycles. The Morgan fingerprint density at radius 3 is 2.18 bits per heavy atom. The van der Waals surface area contributed by atoms with Crippen molar-refractivity contribution < 1.29 is 0 Å². The molecule has 0 aromatic heterocycles. The van der Waals surface area contributed by atoms with Crippen molar-refractivity contribution >= 4 is 0 Å². The lowest BCUT2D eigenvalue weighted by molar-refractivity contribution is 0.341. The van der Waals surface area contributed by atoms with Gasteiger partial charge in [-0.1, -0.05) is 45.8 Å². The lowest BCUT2D eigenvalue weighted by atomic mass is 9.87. The van der Waals surface area contributed by atoms with Crippen LogP contribution in [-0.4, -0.2) is 0 Å². The van der Waals surface area contributed by atoms with E-state index in [0.29, 0.717) is 0 Å². The standard InChI is InChI=1S/C11H22/c1-5-8-9-11(7-3)10(4)6-2/h5,8,10-11H,6-7,9H2,1-4H3. The first-order chi connectivity index (χ1) is 5.26. The Morgan fingerprint density at radius 1 is 1.18 bits per heavy atom. The monoisotopic (exact) mass is 154 g/mol. The quantitative estimate of drug-likeness (QED) is 0.524. The molecule has 11 heavy (non-hydrogen) atoms. The summed E-state index contributed by atoms with van der Waals surface area (Å²) in [5.74, 6) is 1.78. The first kappa shape index (κ1) is 10.7. The van der Waals surface area contributed by atoms with Crippen molar-refractivity contribution in [2.75, 3.05) is 0 Å². The minimum Gasteiger partial charge on any atom is -0.0917 e. The predicted molar refractivity (Wildman–Crippen MR) is 52.7 cm³/mol. The summed E-state index contributed by atoms with van der Waals surface area (Å²) in [6, 6.07) is 0. The molecule has 0 heteroatoms. The maximum absolute atomic E-state index is 2.36. The Labute approximate surface area is 71.7 Å². The van der Waals surface area contributed by atoms with Crippen LogP contribution in [0.15, 0.2) is 12.2 Å². The average Bonchev–Trinajstić information content (AvgIpc) is 2.05. The van der Waals surface area contributed by atoms with Crippen LogP contribution in [0.4, 0.5) is 0 Å². The lowest BCUT2D eigenvalue weighted by Crippen LogP contribution is -2.08. The maximum atomic E-state index is 2.36. The Balaban J connectivity index is 3.74. The molecule has 0 radical (unpaired) electrons. The zero-order chi connectivity index (χ0) is 8.69. The van der Waals surface area contributed by atoms with Gasteiger partial charge in [0.1, 0.15) is 0 Å². The fourth-order valence-corrected chi connectivity index (χ4v) is 1.45. The molecule has 2 unspecified atom stereocenters. The third kappa shape index (κ3) is 4.23. The van der Waals surface area contributed by atoms with Crippen molar-refractivity contribution in [1.29, 1.82) is 0 Å². The van der Waals surface area contributed by atoms with Gasteiger partial charge in [-0.15, -0.1) is 0 Å². The first-order valence-corrected chi connectivity index (χ1v) is 4.87. The Hall–Kier alpha value is -0.260. The molecule has 0 nitrogen and oxygen atoms in total. The van der Waals surface area contributed by atoms with Crippen molar-refractivity contribution in [3.8, 4) is 0 Å². The van der Waals surface area contributed by atoms with Crippen LogP contribution in [0.2, 0.25) is 0 Å². The van der Waals surface area contributed by atoms with Gasteiger partial charge in [0.2, 0.25) is 0 Å². The second-order valence-corrected chi connectivity index (χ2v) is 3.36. The van der Waals surface area contributed by atoms with E-state index in [1.807, 2.05) is 0 Å². The number of hydrogen-bond donors (Lipinski definition) is 0. The van der Waals surface area contributed by atoms with Crippen LogP contribution in [0.3, 0.4) is 0 Å². The molecule has 0 aromatic rings. The maximum Gasteiger partial charge on any atom is -0.0320 e. The second-order valence-electron chi connectivity index (χ2n) is 3.36. The highest BCUT2D eigenvalue weighted by Crippen LogP contribution is 2.22. The van der Waals surface area contributed by atoms with Gasteiger partial charge in [-0.25, -0.2) is 0 Å². The zero-order valence-electron chi connectivity index (χ0n) is 8.43. The highest BCUT2D eigenvalue weighted by Gasteiger charge is 2.10. The van der Waals surface area contributed by atoms with E-state index < -0.39 is 0 Å². The highest BCUT2D eigenvalue weighted by molar-refractivity contribution is 4.81. The van der Waals surface area contributed by atoms with Crippen molar-refractivity contribution in [1.82, 2.24) is 0 Å². The van der Waals surface area contributed by atoms with Crippen LogP contribution in [0, 0.1) is 11.8 Å². The summed E-state index contributed by atoms with van der Waals surface area (Å²) in [7, 11) is 0. The minimum atomic E-state index is 0.885. The number of rotatable bonds is 5. The van der Waals surface area contributed by atoms with Gasteiger partial charge >= 0.3 is 0 Å². The zero-order valence-corrected chi connectivity index (χ0v) is 8.43. The van der Waals surface area contributed by atoms with Gasteiger partial charge in [-0.3, -0.25) is 0 Å². The molecule has 0 rings (SSSR count). The topological polar surface area (TPSA) is 0 Å². The minimum absolute atomic E-state index is 0.885.